The minimum absolute atomic E-state index is 0.349. The quantitative estimate of drug-likeness (QED) is 0.488. The Labute approximate surface area is 56.7 Å². The molecule has 0 aromatic carbocycles. The first-order chi connectivity index (χ1) is 4.20. The van der Waals surface area contributed by atoms with E-state index in [9.17, 15) is 0 Å². The van der Waals surface area contributed by atoms with Crippen LogP contribution < -0.4 is 0 Å². The summed E-state index contributed by atoms with van der Waals surface area (Å²) in [6.45, 7) is 7.33. The highest BCUT2D eigenvalue weighted by Crippen LogP contribution is 2.18. The van der Waals surface area contributed by atoms with Gasteiger partial charge in [-0.25, -0.2) is 0 Å². The number of ether oxygens (including phenoxy) is 1. The van der Waals surface area contributed by atoms with Gasteiger partial charge >= 0.3 is 0 Å². The zero-order chi connectivity index (χ0) is 6.85. The molecule has 1 atom stereocenters. The van der Waals surface area contributed by atoms with Crippen LogP contribution in [0.1, 0.15) is 20.8 Å². The second-order valence-corrected chi connectivity index (χ2v) is 2.91. The van der Waals surface area contributed by atoms with Crippen LogP contribution in [0.25, 0.3) is 0 Å². The summed E-state index contributed by atoms with van der Waals surface area (Å²) < 4.78 is 5.33. The van der Waals surface area contributed by atoms with Gasteiger partial charge in [0.1, 0.15) is 0 Å². The maximum absolute atomic E-state index is 5.33. The molecule has 0 spiro atoms. The second kappa shape index (κ2) is 2.53. The molecule has 9 heavy (non-hydrogen) atoms. The Bertz CT molecular complexity index is 125. The molecule has 0 amide bonds. The van der Waals surface area contributed by atoms with Gasteiger partial charge in [0.2, 0.25) is 0 Å². The Kier molecular flexibility index (Phi) is 1.91. The van der Waals surface area contributed by atoms with E-state index in [0.29, 0.717) is 12.0 Å². The molecule has 0 bridgehead atoms. The van der Waals surface area contributed by atoms with E-state index in [1.807, 2.05) is 0 Å². The molecule has 1 heterocycles. The van der Waals surface area contributed by atoms with Gasteiger partial charge in [-0.3, -0.25) is 0 Å². The molecule has 1 nitrogen and oxygen atoms in total. The van der Waals surface area contributed by atoms with Gasteiger partial charge in [-0.1, -0.05) is 19.9 Å². The summed E-state index contributed by atoms with van der Waals surface area (Å²) in [6.07, 6.45) is 2.56. The van der Waals surface area contributed by atoms with Gasteiger partial charge in [-0.05, 0) is 18.4 Å². The predicted octanol–water partition coefficient (Wildman–Crippen LogP) is 1.99. The fourth-order valence-corrected chi connectivity index (χ4v) is 0.984. The first-order valence-corrected chi connectivity index (χ1v) is 3.52. The molecule has 0 N–H and O–H groups in total. The lowest BCUT2D eigenvalue weighted by molar-refractivity contribution is 0.136. The van der Waals surface area contributed by atoms with E-state index in [1.165, 1.54) is 5.57 Å². The minimum atomic E-state index is 0.349. The van der Waals surface area contributed by atoms with E-state index in [0.717, 1.165) is 6.61 Å². The lowest BCUT2D eigenvalue weighted by Gasteiger charge is -2.02. The largest absolute Gasteiger partial charge is 0.370 e. The monoisotopic (exact) mass is 126 g/mol. The molecule has 52 valence electrons. The van der Waals surface area contributed by atoms with Crippen molar-refractivity contribution >= 4 is 0 Å². The minimum Gasteiger partial charge on any atom is -0.370 e. The Hall–Kier alpha value is -0.300. The molecule has 1 aliphatic rings. The third kappa shape index (κ3) is 1.55. The van der Waals surface area contributed by atoms with Crippen LogP contribution in [0.3, 0.4) is 0 Å². The van der Waals surface area contributed by atoms with Crippen LogP contribution in [0.5, 0.6) is 0 Å². The molecular weight excluding hydrogens is 112 g/mol. The SMILES string of the molecule is CC(C)C1=C[C@@H](C)OC1. The van der Waals surface area contributed by atoms with E-state index in [2.05, 4.69) is 26.8 Å². The Morgan fingerprint density at radius 2 is 2.33 bits per heavy atom. The molecule has 0 aromatic rings. The van der Waals surface area contributed by atoms with Crippen molar-refractivity contribution in [2.75, 3.05) is 6.61 Å². The summed E-state index contributed by atoms with van der Waals surface area (Å²) in [4.78, 5) is 0. The Balaban J connectivity index is 2.52. The molecule has 0 unspecified atom stereocenters. The number of hydrogen-bond donors (Lipinski definition) is 0. The maximum atomic E-state index is 5.33. The fourth-order valence-electron chi connectivity index (χ4n) is 0.984. The third-order valence-corrected chi connectivity index (χ3v) is 1.70. The van der Waals surface area contributed by atoms with Gasteiger partial charge in [-0.2, -0.15) is 0 Å². The fraction of sp³-hybridized carbons (Fsp3) is 0.750. The van der Waals surface area contributed by atoms with Crippen molar-refractivity contribution in [3.63, 3.8) is 0 Å². The van der Waals surface area contributed by atoms with Crippen LogP contribution in [0.4, 0.5) is 0 Å². The van der Waals surface area contributed by atoms with Crippen LogP contribution >= 0.6 is 0 Å². The molecular formula is C8H14O. The van der Waals surface area contributed by atoms with E-state index >= 15 is 0 Å². The molecule has 1 rings (SSSR count). The Morgan fingerprint density at radius 1 is 1.67 bits per heavy atom. The van der Waals surface area contributed by atoms with Crippen molar-refractivity contribution in [3.05, 3.63) is 11.6 Å². The van der Waals surface area contributed by atoms with Crippen LogP contribution in [0.15, 0.2) is 11.6 Å². The second-order valence-electron chi connectivity index (χ2n) is 2.91. The van der Waals surface area contributed by atoms with Crippen LogP contribution in [-0.4, -0.2) is 12.7 Å². The van der Waals surface area contributed by atoms with Gasteiger partial charge < -0.3 is 4.74 Å². The molecule has 0 aliphatic carbocycles. The standard InChI is InChI=1S/C8H14O/c1-6(2)8-4-7(3)9-5-8/h4,6-7H,5H2,1-3H3/t7-/m1/s1. The lowest BCUT2D eigenvalue weighted by atomic mass is 10.0. The molecule has 0 saturated heterocycles. The normalized spacial score (nSPS) is 27.1. The average Bonchev–Trinajstić information content (AvgIpc) is 2.14. The lowest BCUT2D eigenvalue weighted by Crippen LogP contribution is -1.97. The summed E-state index contributed by atoms with van der Waals surface area (Å²) in [5, 5.41) is 0. The van der Waals surface area contributed by atoms with Gasteiger partial charge in [0.15, 0.2) is 0 Å². The predicted molar refractivity (Wildman–Crippen MR) is 38.3 cm³/mol. The number of rotatable bonds is 1. The van der Waals surface area contributed by atoms with Crippen molar-refractivity contribution in [1.82, 2.24) is 0 Å². The van der Waals surface area contributed by atoms with E-state index in [4.69, 9.17) is 4.74 Å². The molecule has 0 fully saturated rings. The molecule has 0 radical (unpaired) electrons. The number of hydrogen-bond acceptors (Lipinski definition) is 1. The highest BCUT2D eigenvalue weighted by atomic mass is 16.5. The maximum Gasteiger partial charge on any atom is 0.0735 e. The highest BCUT2D eigenvalue weighted by Gasteiger charge is 2.13. The highest BCUT2D eigenvalue weighted by molar-refractivity contribution is 5.11. The van der Waals surface area contributed by atoms with Crippen molar-refractivity contribution in [2.45, 2.75) is 26.9 Å². The molecule has 1 aliphatic heterocycles. The van der Waals surface area contributed by atoms with Gasteiger partial charge in [0, 0.05) is 0 Å². The third-order valence-electron chi connectivity index (χ3n) is 1.70. The summed E-state index contributed by atoms with van der Waals surface area (Å²) in [6, 6.07) is 0. The van der Waals surface area contributed by atoms with Crippen molar-refractivity contribution in [3.8, 4) is 0 Å². The first kappa shape index (κ1) is 6.81. The van der Waals surface area contributed by atoms with E-state index < -0.39 is 0 Å². The van der Waals surface area contributed by atoms with Gasteiger partial charge in [0.05, 0.1) is 12.7 Å². The van der Waals surface area contributed by atoms with Crippen molar-refractivity contribution in [2.24, 2.45) is 5.92 Å². The van der Waals surface area contributed by atoms with Gasteiger partial charge in [0.25, 0.3) is 0 Å². The van der Waals surface area contributed by atoms with Gasteiger partial charge in [-0.15, -0.1) is 0 Å². The van der Waals surface area contributed by atoms with E-state index in [1.54, 1.807) is 0 Å². The topological polar surface area (TPSA) is 9.23 Å². The van der Waals surface area contributed by atoms with Crippen LogP contribution in [0.2, 0.25) is 0 Å². The van der Waals surface area contributed by atoms with Crippen LogP contribution in [-0.2, 0) is 4.74 Å². The summed E-state index contributed by atoms with van der Waals surface area (Å²) in [7, 11) is 0. The smallest absolute Gasteiger partial charge is 0.0735 e. The van der Waals surface area contributed by atoms with E-state index in [-0.39, 0.29) is 0 Å². The zero-order valence-corrected chi connectivity index (χ0v) is 6.35. The molecule has 1 heteroatoms. The summed E-state index contributed by atoms with van der Waals surface area (Å²) >= 11 is 0. The zero-order valence-electron chi connectivity index (χ0n) is 6.35. The Morgan fingerprint density at radius 3 is 2.56 bits per heavy atom. The summed E-state index contributed by atoms with van der Waals surface area (Å²) in [5.41, 5.74) is 1.45. The average molecular weight is 126 g/mol. The summed E-state index contributed by atoms with van der Waals surface area (Å²) in [5.74, 6) is 0.662. The molecule has 0 saturated carbocycles. The molecule has 0 aromatic heterocycles. The van der Waals surface area contributed by atoms with Crippen molar-refractivity contribution in [1.29, 1.82) is 0 Å². The van der Waals surface area contributed by atoms with Crippen LogP contribution in [0, 0.1) is 5.92 Å². The van der Waals surface area contributed by atoms with Crippen molar-refractivity contribution < 1.29 is 4.74 Å². The first-order valence-electron chi connectivity index (χ1n) is 3.52.